The van der Waals surface area contributed by atoms with E-state index in [1.807, 2.05) is 6.92 Å². The van der Waals surface area contributed by atoms with E-state index in [2.05, 4.69) is 24.0 Å². The van der Waals surface area contributed by atoms with Crippen molar-refractivity contribution < 1.29 is 4.52 Å². The fourth-order valence-corrected chi connectivity index (χ4v) is 0.786. The average Bonchev–Trinajstić information content (AvgIpc) is 2.50. The van der Waals surface area contributed by atoms with Gasteiger partial charge in [-0.1, -0.05) is 25.9 Å². The van der Waals surface area contributed by atoms with Crippen molar-refractivity contribution >= 4 is 0 Å². The lowest BCUT2D eigenvalue weighted by molar-refractivity contribution is 0.353. The molecule has 0 saturated carbocycles. The average molecular weight is 154 g/mol. The van der Waals surface area contributed by atoms with Crippen LogP contribution >= 0.6 is 0 Å². The topological polar surface area (TPSA) is 38.9 Å². The zero-order chi connectivity index (χ0) is 8.27. The molecule has 1 rings (SSSR count). The van der Waals surface area contributed by atoms with Gasteiger partial charge in [-0.2, -0.15) is 4.98 Å². The minimum atomic E-state index is 0.391. The van der Waals surface area contributed by atoms with Crippen LogP contribution in [0.15, 0.2) is 4.52 Å². The number of rotatable bonds is 3. The van der Waals surface area contributed by atoms with Crippen LogP contribution in [0.5, 0.6) is 0 Å². The predicted molar refractivity (Wildman–Crippen MR) is 42.4 cm³/mol. The Hall–Kier alpha value is -0.860. The second-order valence-electron chi connectivity index (χ2n) is 2.71. The summed E-state index contributed by atoms with van der Waals surface area (Å²) < 4.78 is 5.05. The molecule has 0 amide bonds. The van der Waals surface area contributed by atoms with E-state index in [0.717, 1.165) is 24.6 Å². The molecule has 1 aromatic rings. The van der Waals surface area contributed by atoms with Crippen LogP contribution in [-0.4, -0.2) is 10.1 Å². The molecule has 1 heterocycles. The molecule has 0 unspecified atom stereocenters. The van der Waals surface area contributed by atoms with Crippen LogP contribution in [0.1, 0.15) is 44.8 Å². The van der Waals surface area contributed by atoms with E-state index >= 15 is 0 Å². The maximum Gasteiger partial charge on any atom is 0.229 e. The Bertz CT molecular complexity index is 220. The van der Waals surface area contributed by atoms with Gasteiger partial charge in [0.25, 0.3) is 0 Å². The van der Waals surface area contributed by atoms with Gasteiger partial charge in [-0.05, 0) is 6.42 Å². The van der Waals surface area contributed by atoms with Gasteiger partial charge in [0, 0.05) is 12.3 Å². The van der Waals surface area contributed by atoms with Crippen LogP contribution in [0, 0.1) is 0 Å². The van der Waals surface area contributed by atoms with Gasteiger partial charge in [-0.3, -0.25) is 0 Å². The molecular weight excluding hydrogens is 140 g/mol. The van der Waals surface area contributed by atoms with Crippen molar-refractivity contribution in [2.24, 2.45) is 0 Å². The normalized spacial score (nSPS) is 13.4. The zero-order valence-electron chi connectivity index (χ0n) is 7.29. The van der Waals surface area contributed by atoms with Gasteiger partial charge in [-0.15, -0.1) is 0 Å². The van der Waals surface area contributed by atoms with Crippen LogP contribution in [0.25, 0.3) is 0 Å². The molecule has 0 spiro atoms. The minimum Gasteiger partial charge on any atom is -0.339 e. The maximum absolute atomic E-state index is 5.05. The third-order valence-corrected chi connectivity index (χ3v) is 1.83. The van der Waals surface area contributed by atoms with Crippen LogP contribution in [0.4, 0.5) is 0 Å². The summed E-state index contributed by atoms with van der Waals surface area (Å²) in [6, 6.07) is 0. The second kappa shape index (κ2) is 3.51. The van der Waals surface area contributed by atoms with E-state index < -0.39 is 0 Å². The van der Waals surface area contributed by atoms with E-state index in [1.54, 1.807) is 0 Å². The Morgan fingerprint density at radius 1 is 1.45 bits per heavy atom. The van der Waals surface area contributed by atoms with Crippen molar-refractivity contribution in [3.63, 3.8) is 0 Å². The standard InChI is InChI=1S/C8H14N2O/c1-4-6(3)8-9-7(5-2)10-11-8/h6H,4-5H2,1-3H3/t6-/m0/s1. The molecule has 0 N–H and O–H groups in total. The van der Waals surface area contributed by atoms with Gasteiger partial charge in [0.05, 0.1) is 0 Å². The molecular formula is C8H14N2O. The number of aromatic nitrogens is 2. The molecule has 0 aliphatic carbocycles. The molecule has 0 aromatic carbocycles. The quantitative estimate of drug-likeness (QED) is 0.669. The third-order valence-electron chi connectivity index (χ3n) is 1.83. The molecule has 3 nitrogen and oxygen atoms in total. The first-order valence-corrected chi connectivity index (χ1v) is 4.10. The molecule has 0 saturated heterocycles. The third kappa shape index (κ3) is 1.79. The molecule has 1 atom stereocenters. The first-order valence-electron chi connectivity index (χ1n) is 4.10. The van der Waals surface area contributed by atoms with Gasteiger partial charge < -0.3 is 4.52 Å². The fraction of sp³-hybridized carbons (Fsp3) is 0.750. The first kappa shape index (κ1) is 8.24. The minimum absolute atomic E-state index is 0.391. The number of nitrogens with zero attached hydrogens (tertiary/aromatic N) is 2. The van der Waals surface area contributed by atoms with Crippen molar-refractivity contribution in [2.45, 2.75) is 39.5 Å². The summed E-state index contributed by atoms with van der Waals surface area (Å²) in [6.45, 7) is 6.22. The Kier molecular flexibility index (Phi) is 2.63. The van der Waals surface area contributed by atoms with Crippen LogP contribution < -0.4 is 0 Å². The fourth-order valence-electron chi connectivity index (χ4n) is 0.786. The Labute approximate surface area is 66.8 Å². The summed E-state index contributed by atoms with van der Waals surface area (Å²) >= 11 is 0. The summed E-state index contributed by atoms with van der Waals surface area (Å²) in [7, 11) is 0. The van der Waals surface area contributed by atoms with Gasteiger partial charge in [0.2, 0.25) is 5.89 Å². The Balaban J connectivity index is 2.71. The highest BCUT2D eigenvalue weighted by atomic mass is 16.5. The highest BCUT2D eigenvalue weighted by Crippen LogP contribution is 2.15. The van der Waals surface area contributed by atoms with Gasteiger partial charge >= 0.3 is 0 Å². The molecule has 62 valence electrons. The van der Waals surface area contributed by atoms with Crippen LogP contribution in [0.3, 0.4) is 0 Å². The van der Waals surface area contributed by atoms with Crippen molar-refractivity contribution in [3.05, 3.63) is 11.7 Å². The van der Waals surface area contributed by atoms with Gasteiger partial charge in [-0.25, -0.2) is 0 Å². The SMILES string of the molecule is CCc1noc([C@@H](C)CC)n1. The highest BCUT2D eigenvalue weighted by molar-refractivity contribution is 4.91. The lowest BCUT2D eigenvalue weighted by Gasteiger charge is -1.98. The van der Waals surface area contributed by atoms with E-state index in [-0.39, 0.29) is 0 Å². The van der Waals surface area contributed by atoms with E-state index in [4.69, 9.17) is 4.52 Å². The van der Waals surface area contributed by atoms with Crippen LogP contribution in [-0.2, 0) is 6.42 Å². The molecule has 0 bridgehead atoms. The molecule has 0 aliphatic heterocycles. The Morgan fingerprint density at radius 3 is 2.64 bits per heavy atom. The van der Waals surface area contributed by atoms with E-state index in [0.29, 0.717) is 5.92 Å². The summed E-state index contributed by atoms with van der Waals surface area (Å²) in [6.07, 6.45) is 1.89. The van der Waals surface area contributed by atoms with Gasteiger partial charge in [0.15, 0.2) is 5.82 Å². The lowest BCUT2D eigenvalue weighted by Crippen LogP contribution is -1.91. The smallest absolute Gasteiger partial charge is 0.229 e. The molecule has 0 fully saturated rings. The monoisotopic (exact) mass is 154 g/mol. The summed E-state index contributed by atoms with van der Waals surface area (Å²) in [4.78, 5) is 4.22. The van der Waals surface area contributed by atoms with Gasteiger partial charge in [0.1, 0.15) is 0 Å². The summed E-state index contributed by atoms with van der Waals surface area (Å²) in [5, 5.41) is 3.82. The molecule has 3 heteroatoms. The number of aryl methyl sites for hydroxylation is 1. The van der Waals surface area contributed by atoms with E-state index in [1.165, 1.54) is 0 Å². The zero-order valence-corrected chi connectivity index (χ0v) is 7.29. The number of hydrogen-bond donors (Lipinski definition) is 0. The van der Waals surface area contributed by atoms with Crippen molar-refractivity contribution in [1.29, 1.82) is 0 Å². The Morgan fingerprint density at radius 2 is 2.18 bits per heavy atom. The van der Waals surface area contributed by atoms with Crippen LogP contribution in [0.2, 0.25) is 0 Å². The second-order valence-corrected chi connectivity index (χ2v) is 2.71. The van der Waals surface area contributed by atoms with E-state index in [9.17, 15) is 0 Å². The predicted octanol–water partition coefficient (Wildman–Crippen LogP) is 2.15. The maximum atomic E-state index is 5.05. The molecule has 0 radical (unpaired) electrons. The summed E-state index contributed by atoms with van der Waals surface area (Å²) in [5.41, 5.74) is 0. The van der Waals surface area contributed by atoms with Crippen molar-refractivity contribution in [2.75, 3.05) is 0 Å². The van der Waals surface area contributed by atoms with Crippen molar-refractivity contribution in [1.82, 2.24) is 10.1 Å². The molecule has 11 heavy (non-hydrogen) atoms. The largest absolute Gasteiger partial charge is 0.339 e. The highest BCUT2D eigenvalue weighted by Gasteiger charge is 2.10. The molecule has 0 aliphatic rings. The summed E-state index contributed by atoms with van der Waals surface area (Å²) in [5.74, 6) is 1.97. The van der Waals surface area contributed by atoms with Crippen molar-refractivity contribution in [3.8, 4) is 0 Å². The first-order chi connectivity index (χ1) is 5.27. The number of hydrogen-bond acceptors (Lipinski definition) is 3. The lowest BCUT2D eigenvalue weighted by atomic mass is 10.1. The molecule has 1 aromatic heterocycles.